The van der Waals surface area contributed by atoms with Crippen molar-refractivity contribution < 1.29 is 4.74 Å². The first-order chi connectivity index (χ1) is 5.83. The Kier molecular flexibility index (Phi) is 3.76. The molecular formula is C7H10ClN3O. The molecule has 1 N–H and O–H groups in total. The first kappa shape index (κ1) is 9.22. The third-order valence-corrected chi connectivity index (χ3v) is 1.42. The van der Waals surface area contributed by atoms with E-state index in [1.54, 1.807) is 19.4 Å². The number of ether oxygens (including phenoxy) is 1. The molecule has 5 heteroatoms. The summed E-state index contributed by atoms with van der Waals surface area (Å²) >= 11 is 5.56. The number of anilines is 1. The van der Waals surface area contributed by atoms with E-state index in [0.29, 0.717) is 19.0 Å². The second kappa shape index (κ2) is 4.90. The van der Waals surface area contributed by atoms with Crippen LogP contribution in [0.2, 0.25) is 5.28 Å². The van der Waals surface area contributed by atoms with Crippen molar-refractivity contribution >= 4 is 17.4 Å². The lowest BCUT2D eigenvalue weighted by Crippen LogP contribution is -2.08. The highest BCUT2D eigenvalue weighted by Gasteiger charge is 1.93. The molecule has 0 amide bonds. The number of halogens is 1. The summed E-state index contributed by atoms with van der Waals surface area (Å²) < 4.78 is 4.85. The van der Waals surface area contributed by atoms with E-state index in [1.807, 2.05) is 0 Å². The molecule has 1 aromatic rings. The van der Waals surface area contributed by atoms with E-state index in [-0.39, 0.29) is 5.28 Å². The molecule has 0 saturated heterocycles. The largest absolute Gasteiger partial charge is 0.383 e. The third-order valence-electron chi connectivity index (χ3n) is 1.24. The Bertz CT molecular complexity index is 244. The zero-order chi connectivity index (χ0) is 8.81. The Morgan fingerprint density at radius 1 is 1.67 bits per heavy atom. The van der Waals surface area contributed by atoms with Gasteiger partial charge < -0.3 is 10.1 Å². The van der Waals surface area contributed by atoms with Gasteiger partial charge in [-0.15, -0.1) is 0 Å². The number of aromatic nitrogens is 2. The van der Waals surface area contributed by atoms with Gasteiger partial charge in [-0.1, -0.05) is 0 Å². The fraction of sp³-hybridized carbons (Fsp3) is 0.429. The van der Waals surface area contributed by atoms with E-state index in [1.165, 1.54) is 0 Å². The van der Waals surface area contributed by atoms with Crippen LogP contribution < -0.4 is 5.32 Å². The number of nitrogens with zero attached hydrogens (tertiary/aromatic N) is 2. The summed E-state index contributed by atoms with van der Waals surface area (Å²) in [6, 6.07) is 1.75. The molecule has 0 spiro atoms. The summed E-state index contributed by atoms with van der Waals surface area (Å²) in [7, 11) is 1.65. The summed E-state index contributed by atoms with van der Waals surface area (Å²) in [4.78, 5) is 7.68. The second-order valence-electron chi connectivity index (χ2n) is 2.13. The van der Waals surface area contributed by atoms with Crippen LogP contribution >= 0.6 is 11.6 Å². The number of nitrogens with one attached hydrogen (secondary N) is 1. The summed E-state index contributed by atoms with van der Waals surface area (Å²) in [5, 5.41) is 3.27. The average Bonchev–Trinajstić information content (AvgIpc) is 2.05. The molecule has 0 atom stereocenters. The third kappa shape index (κ3) is 3.02. The van der Waals surface area contributed by atoms with E-state index in [2.05, 4.69) is 15.3 Å². The van der Waals surface area contributed by atoms with Gasteiger partial charge in [0.1, 0.15) is 5.82 Å². The Labute approximate surface area is 75.9 Å². The van der Waals surface area contributed by atoms with Crippen molar-refractivity contribution in [2.75, 3.05) is 25.6 Å². The zero-order valence-electron chi connectivity index (χ0n) is 6.75. The number of rotatable bonds is 4. The normalized spacial score (nSPS) is 9.83. The van der Waals surface area contributed by atoms with Crippen LogP contribution in [0.5, 0.6) is 0 Å². The minimum atomic E-state index is 0.248. The van der Waals surface area contributed by atoms with E-state index in [9.17, 15) is 0 Å². The summed E-state index contributed by atoms with van der Waals surface area (Å²) in [5.74, 6) is 0.715. The minimum absolute atomic E-state index is 0.248. The lowest BCUT2D eigenvalue weighted by Gasteiger charge is -2.03. The summed E-state index contributed by atoms with van der Waals surface area (Å²) in [6.45, 7) is 1.35. The van der Waals surface area contributed by atoms with E-state index in [0.717, 1.165) is 0 Å². The molecule has 0 aliphatic heterocycles. The van der Waals surface area contributed by atoms with Gasteiger partial charge in [0.05, 0.1) is 6.61 Å². The van der Waals surface area contributed by atoms with Crippen molar-refractivity contribution in [3.8, 4) is 0 Å². The smallest absolute Gasteiger partial charge is 0.224 e. The molecule has 0 aliphatic rings. The fourth-order valence-corrected chi connectivity index (χ4v) is 0.862. The van der Waals surface area contributed by atoms with Crippen molar-refractivity contribution in [3.05, 3.63) is 17.5 Å². The van der Waals surface area contributed by atoms with Crippen molar-refractivity contribution in [2.45, 2.75) is 0 Å². The average molecular weight is 188 g/mol. The van der Waals surface area contributed by atoms with Crippen LogP contribution in [-0.2, 0) is 4.74 Å². The lowest BCUT2D eigenvalue weighted by atomic mass is 10.5. The molecule has 0 unspecified atom stereocenters. The summed E-state index contributed by atoms with van der Waals surface area (Å²) in [5.41, 5.74) is 0. The molecule has 0 fully saturated rings. The molecule has 1 rings (SSSR count). The van der Waals surface area contributed by atoms with Crippen molar-refractivity contribution in [3.63, 3.8) is 0 Å². The van der Waals surface area contributed by atoms with Gasteiger partial charge in [-0.3, -0.25) is 0 Å². The highest BCUT2D eigenvalue weighted by Crippen LogP contribution is 2.04. The standard InChI is InChI=1S/C7H10ClN3O/c1-12-5-4-9-6-2-3-10-7(8)11-6/h2-3H,4-5H2,1H3,(H,9,10,11). The molecular weight excluding hydrogens is 178 g/mol. The first-order valence-corrected chi connectivity index (χ1v) is 3.92. The van der Waals surface area contributed by atoms with E-state index < -0.39 is 0 Å². The van der Waals surface area contributed by atoms with Gasteiger partial charge in [0, 0.05) is 19.9 Å². The van der Waals surface area contributed by atoms with Crippen LogP contribution in [0.15, 0.2) is 12.3 Å². The topological polar surface area (TPSA) is 47.0 Å². The molecule has 1 heterocycles. The maximum absolute atomic E-state index is 5.56. The Morgan fingerprint density at radius 2 is 2.50 bits per heavy atom. The molecule has 0 aliphatic carbocycles. The molecule has 0 aromatic carbocycles. The van der Waals surface area contributed by atoms with Gasteiger partial charge in [0.2, 0.25) is 5.28 Å². The molecule has 0 saturated carbocycles. The number of methoxy groups -OCH3 is 1. The fourth-order valence-electron chi connectivity index (χ4n) is 0.715. The van der Waals surface area contributed by atoms with Gasteiger partial charge in [-0.25, -0.2) is 9.97 Å². The minimum Gasteiger partial charge on any atom is -0.383 e. The first-order valence-electron chi connectivity index (χ1n) is 3.54. The van der Waals surface area contributed by atoms with Crippen LogP contribution in [0, 0.1) is 0 Å². The predicted molar refractivity (Wildman–Crippen MR) is 47.4 cm³/mol. The maximum atomic E-state index is 5.56. The van der Waals surface area contributed by atoms with Crippen LogP contribution in [-0.4, -0.2) is 30.2 Å². The van der Waals surface area contributed by atoms with Crippen molar-refractivity contribution in [2.24, 2.45) is 0 Å². The van der Waals surface area contributed by atoms with Crippen LogP contribution in [0.3, 0.4) is 0 Å². The van der Waals surface area contributed by atoms with E-state index in [4.69, 9.17) is 16.3 Å². The number of hydrogen-bond acceptors (Lipinski definition) is 4. The van der Waals surface area contributed by atoms with Crippen molar-refractivity contribution in [1.82, 2.24) is 9.97 Å². The Hall–Kier alpha value is -0.870. The van der Waals surface area contributed by atoms with E-state index >= 15 is 0 Å². The monoisotopic (exact) mass is 187 g/mol. The second-order valence-corrected chi connectivity index (χ2v) is 2.47. The molecule has 0 radical (unpaired) electrons. The highest BCUT2D eigenvalue weighted by molar-refractivity contribution is 6.28. The zero-order valence-corrected chi connectivity index (χ0v) is 7.51. The van der Waals surface area contributed by atoms with Gasteiger partial charge in [0.25, 0.3) is 0 Å². The van der Waals surface area contributed by atoms with Crippen LogP contribution in [0.1, 0.15) is 0 Å². The maximum Gasteiger partial charge on any atom is 0.224 e. The van der Waals surface area contributed by atoms with Crippen molar-refractivity contribution in [1.29, 1.82) is 0 Å². The Balaban J connectivity index is 2.41. The molecule has 4 nitrogen and oxygen atoms in total. The molecule has 0 bridgehead atoms. The molecule has 1 aromatic heterocycles. The van der Waals surface area contributed by atoms with Gasteiger partial charge in [-0.2, -0.15) is 0 Å². The van der Waals surface area contributed by atoms with Gasteiger partial charge in [-0.05, 0) is 17.7 Å². The quantitative estimate of drug-likeness (QED) is 0.568. The lowest BCUT2D eigenvalue weighted by molar-refractivity contribution is 0.210. The van der Waals surface area contributed by atoms with Crippen LogP contribution in [0.25, 0.3) is 0 Å². The Morgan fingerprint density at radius 3 is 3.17 bits per heavy atom. The molecule has 12 heavy (non-hydrogen) atoms. The highest BCUT2D eigenvalue weighted by atomic mass is 35.5. The van der Waals surface area contributed by atoms with Gasteiger partial charge in [0.15, 0.2) is 0 Å². The van der Waals surface area contributed by atoms with Gasteiger partial charge >= 0.3 is 0 Å². The summed E-state index contributed by atoms with van der Waals surface area (Å²) in [6.07, 6.45) is 1.60. The predicted octanol–water partition coefficient (Wildman–Crippen LogP) is 1.19. The van der Waals surface area contributed by atoms with Crippen LogP contribution in [0.4, 0.5) is 5.82 Å². The molecule has 66 valence electrons. The SMILES string of the molecule is COCCNc1ccnc(Cl)n1. The number of hydrogen-bond donors (Lipinski definition) is 1.